The summed E-state index contributed by atoms with van der Waals surface area (Å²) in [7, 11) is 0. The topological polar surface area (TPSA) is 52.9 Å². The van der Waals surface area contributed by atoms with Crippen molar-refractivity contribution in [2.24, 2.45) is 5.92 Å². The van der Waals surface area contributed by atoms with Gasteiger partial charge in [-0.2, -0.15) is 18.4 Å². The molecule has 1 atom stereocenters. The molecule has 1 aliphatic rings. The Labute approximate surface area is 121 Å². The number of nitriles is 1. The highest BCUT2D eigenvalue weighted by atomic mass is 79.9. The molecule has 1 fully saturated rings. The van der Waals surface area contributed by atoms with E-state index in [0.29, 0.717) is 0 Å². The fourth-order valence-electron chi connectivity index (χ4n) is 1.78. The zero-order valence-corrected chi connectivity index (χ0v) is 11.8. The Hall–Kier alpha value is -1.55. The van der Waals surface area contributed by atoms with Gasteiger partial charge in [0.1, 0.15) is 6.04 Å². The van der Waals surface area contributed by atoms with E-state index in [2.05, 4.69) is 21.2 Å². The van der Waals surface area contributed by atoms with E-state index in [9.17, 15) is 18.0 Å². The first-order chi connectivity index (χ1) is 9.32. The second kappa shape index (κ2) is 5.44. The summed E-state index contributed by atoms with van der Waals surface area (Å²) in [5.74, 6) is -0.574. The second-order valence-corrected chi connectivity index (χ2v) is 5.46. The lowest BCUT2D eigenvalue weighted by Gasteiger charge is -2.13. The maximum atomic E-state index is 12.6. The molecule has 0 saturated heterocycles. The standard InChI is InChI=1S/C13H10BrF3N2O/c14-10-4-3-8(13(15,16)17)5-9(10)12(20)19-11(6-18)7-1-2-7/h3-5,7,11H,1-2H2,(H,19,20). The highest BCUT2D eigenvalue weighted by Crippen LogP contribution is 2.34. The third-order valence-corrected chi connectivity index (χ3v) is 3.75. The van der Waals surface area contributed by atoms with Gasteiger partial charge < -0.3 is 5.32 Å². The van der Waals surface area contributed by atoms with Crippen LogP contribution in [0.5, 0.6) is 0 Å². The van der Waals surface area contributed by atoms with Crippen molar-refractivity contribution in [1.82, 2.24) is 5.32 Å². The van der Waals surface area contributed by atoms with Gasteiger partial charge in [-0.05, 0) is 52.9 Å². The van der Waals surface area contributed by atoms with Crippen LogP contribution in [0.1, 0.15) is 28.8 Å². The number of halogens is 4. The van der Waals surface area contributed by atoms with Gasteiger partial charge in [0, 0.05) is 4.47 Å². The highest BCUT2D eigenvalue weighted by Gasteiger charge is 2.34. The van der Waals surface area contributed by atoms with Crippen molar-refractivity contribution in [2.75, 3.05) is 0 Å². The van der Waals surface area contributed by atoms with Crippen LogP contribution in [0.25, 0.3) is 0 Å². The Morgan fingerprint density at radius 2 is 2.10 bits per heavy atom. The minimum atomic E-state index is -4.51. The van der Waals surface area contributed by atoms with Gasteiger partial charge in [0.15, 0.2) is 0 Å². The monoisotopic (exact) mass is 346 g/mol. The Morgan fingerprint density at radius 3 is 2.60 bits per heavy atom. The molecule has 3 nitrogen and oxygen atoms in total. The van der Waals surface area contributed by atoms with Crippen molar-refractivity contribution in [3.8, 4) is 6.07 Å². The largest absolute Gasteiger partial charge is 0.416 e. The third kappa shape index (κ3) is 3.31. The molecule has 0 radical (unpaired) electrons. The van der Waals surface area contributed by atoms with Crippen molar-refractivity contribution in [3.63, 3.8) is 0 Å². The van der Waals surface area contributed by atoms with Crippen molar-refractivity contribution in [1.29, 1.82) is 5.26 Å². The molecular weight excluding hydrogens is 337 g/mol. The molecule has 0 aromatic heterocycles. The summed E-state index contributed by atoms with van der Waals surface area (Å²) in [6, 6.07) is 4.16. The van der Waals surface area contributed by atoms with E-state index in [-0.39, 0.29) is 16.0 Å². The van der Waals surface area contributed by atoms with Crippen molar-refractivity contribution >= 4 is 21.8 Å². The number of carbonyl (C=O) groups is 1. The van der Waals surface area contributed by atoms with E-state index in [4.69, 9.17) is 5.26 Å². The predicted octanol–water partition coefficient (Wildman–Crippen LogP) is 3.50. The zero-order chi connectivity index (χ0) is 14.9. The molecule has 1 N–H and O–H groups in total. The average molecular weight is 347 g/mol. The summed E-state index contributed by atoms with van der Waals surface area (Å²) >= 11 is 3.05. The van der Waals surface area contributed by atoms with Crippen LogP contribution in [0.2, 0.25) is 0 Å². The molecular formula is C13H10BrF3N2O. The van der Waals surface area contributed by atoms with E-state index in [1.54, 1.807) is 0 Å². The van der Waals surface area contributed by atoms with E-state index in [0.717, 1.165) is 25.0 Å². The molecule has 1 unspecified atom stereocenters. The quantitative estimate of drug-likeness (QED) is 0.910. The highest BCUT2D eigenvalue weighted by molar-refractivity contribution is 9.10. The fourth-order valence-corrected chi connectivity index (χ4v) is 2.21. The summed E-state index contributed by atoms with van der Waals surface area (Å²) in [5.41, 5.74) is -1.02. The Bertz CT molecular complexity index is 576. The number of hydrogen-bond acceptors (Lipinski definition) is 2. The van der Waals surface area contributed by atoms with E-state index >= 15 is 0 Å². The van der Waals surface area contributed by atoms with Gasteiger partial charge in [-0.3, -0.25) is 4.79 Å². The SMILES string of the molecule is N#CC(NC(=O)c1cc(C(F)(F)F)ccc1Br)C1CC1. The molecule has 1 aromatic rings. The number of carbonyl (C=O) groups excluding carboxylic acids is 1. The van der Waals surface area contributed by atoms with Gasteiger partial charge in [0.2, 0.25) is 0 Å². The van der Waals surface area contributed by atoms with E-state index in [1.165, 1.54) is 6.07 Å². The Balaban J connectivity index is 2.22. The van der Waals surface area contributed by atoms with Gasteiger partial charge in [0.05, 0.1) is 17.2 Å². The lowest BCUT2D eigenvalue weighted by atomic mass is 10.1. The van der Waals surface area contributed by atoms with Crippen molar-refractivity contribution in [2.45, 2.75) is 25.1 Å². The maximum Gasteiger partial charge on any atom is 0.416 e. The van der Waals surface area contributed by atoms with E-state index in [1.807, 2.05) is 6.07 Å². The number of alkyl halides is 3. The molecule has 2 rings (SSSR count). The van der Waals surface area contributed by atoms with Gasteiger partial charge in [-0.1, -0.05) is 0 Å². The first kappa shape index (κ1) is 14.9. The summed E-state index contributed by atoms with van der Waals surface area (Å²) in [6.45, 7) is 0. The van der Waals surface area contributed by atoms with Gasteiger partial charge in [0.25, 0.3) is 5.91 Å². The smallest absolute Gasteiger partial charge is 0.336 e. The van der Waals surface area contributed by atoms with Gasteiger partial charge in [-0.25, -0.2) is 0 Å². The van der Waals surface area contributed by atoms with Crippen LogP contribution in [0.15, 0.2) is 22.7 Å². The first-order valence-corrected chi connectivity index (χ1v) is 6.69. The predicted molar refractivity (Wildman–Crippen MR) is 68.7 cm³/mol. The summed E-state index contributed by atoms with van der Waals surface area (Å²) in [4.78, 5) is 12.0. The van der Waals surface area contributed by atoms with Crippen molar-refractivity contribution in [3.05, 3.63) is 33.8 Å². The average Bonchev–Trinajstić information content (AvgIpc) is 3.19. The summed E-state index contributed by atoms with van der Waals surface area (Å²) in [5, 5.41) is 11.4. The molecule has 7 heteroatoms. The first-order valence-electron chi connectivity index (χ1n) is 5.90. The Morgan fingerprint density at radius 1 is 1.45 bits per heavy atom. The molecule has 0 aliphatic heterocycles. The fraction of sp³-hybridized carbons (Fsp3) is 0.385. The summed E-state index contributed by atoms with van der Waals surface area (Å²) < 4.78 is 38.2. The number of benzene rings is 1. The van der Waals surface area contributed by atoms with Gasteiger partial charge in [-0.15, -0.1) is 0 Å². The number of rotatable bonds is 3. The third-order valence-electron chi connectivity index (χ3n) is 3.06. The van der Waals surface area contributed by atoms with Gasteiger partial charge >= 0.3 is 6.18 Å². The van der Waals surface area contributed by atoms with Crippen LogP contribution >= 0.6 is 15.9 Å². The van der Waals surface area contributed by atoms with Crippen LogP contribution in [0.4, 0.5) is 13.2 Å². The molecule has 0 spiro atoms. The van der Waals surface area contributed by atoms with Crippen LogP contribution < -0.4 is 5.32 Å². The zero-order valence-electron chi connectivity index (χ0n) is 10.2. The van der Waals surface area contributed by atoms with E-state index < -0.39 is 23.7 Å². The lowest BCUT2D eigenvalue weighted by Crippen LogP contribution is -2.35. The molecule has 1 aromatic carbocycles. The van der Waals surface area contributed by atoms with Crippen LogP contribution in [0.3, 0.4) is 0 Å². The Kier molecular flexibility index (Phi) is 4.04. The molecule has 20 heavy (non-hydrogen) atoms. The minimum absolute atomic E-state index is 0.105. The normalized spacial score (nSPS) is 16.4. The molecule has 0 heterocycles. The number of hydrogen-bond donors (Lipinski definition) is 1. The molecule has 1 amide bonds. The minimum Gasteiger partial charge on any atom is -0.336 e. The molecule has 0 bridgehead atoms. The molecule has 1 saturated carbocycles. The van der Waals surface area contributed by atoms with Crippen LogP contribution in [-0.2, 0) is 6.18 Å². The number of amides is 1. The molecule has 1 aliphatic carbocycles. The lowest BCUT2D eigenvalue weighted by molar-refractivity contribution is -0.137. The van der Waals surface area contributed by atoms with Crippen LogP contribution in [0, 0.1) is 17.2 Å². The number of nitrogens with one attached hydrogen (secondary N) is 1. The second-order valence-electron chi connectivity index (χ2n) is 4.61. The summed E-state index contributed by atoms with van der Waals surface area (Å²) in [6.07, 6.45) is -2.81. The van der Waals surface area contributed by atoms with Crippen molar-refractivity contribution < 1.29 is 18.0 Å². The number of nitrogens with zero attached hydrogens (tertiary/aromatic N) is 1. The van der Waals surface area contributed by atoms with Crippen LogP contribution in [-0.4, -0.2) is 11.9 Å². The maximum absolute atomic E-state index is 12.6. The molecule has 106 valence electrons.